The van der Waals surface area contributed by atoms with Gasteiger partial charge in [0.05, 0.1) is 4.90 Å². The van der Waals surface area contributed by atoms with E-state index in [4.69, 9.17) is 0 Å². The predicted molar refractivity (Wildman–Crippen MR) is 128 cm³/mol. The van der Waals surface area contributed by atoms with Gasteiger partial charge in [0.15, 0.2) is 5.16 Å². The van der Waals surface area contributed by atoms with Crippen LogP contribution in [0, 0.1) is 0 Å². The molecule has 0 aliphatic carbocycles. The van der Waals surface area contributed by atoms with E-state index in [0.29, 0.717) is 18.8 Å². The number of aromatic nitrogens is 3. The first kappa shape index (κ1) is 23.5. The summed E-state index contributed by atoms with van der Waals surface area (Å²) in [6, 6.07) is 16.5. The van der Waals surface area contributed by atoms with Crippen molar-refractivity contribution in [2.75, 3.05) is 18.4 Å². The van der Waals surface area contributed by atoms with Crippen LogP contribution in [0.4, 0.5) is 5.69 Å². The van der Waals surface area contributed by atoms with Crippen molar-refractivity contribution in [3.05, 3.63) is 66.0 Å². The molecule has 1 saturated heterocycles. The SMILES string of the molecule is CC(=O)Nc1ccc(S(=O)(=O)N2CCC[C@@H](c3nnc(SCc4ccccc4)n3C)C2)cc1. The van der Waals surface area contributed by atoms with Crippen molar-refractivity contribution in [1.82, 2.24) is 19.1 Å². The van der Waals surface area contributed by atoms with Crippen LogP contribution in [0.25, 0.3) is 0 Å². The smallest absolute Gasteiger partial charge is 0.243 e. The molecule has 4 rings (SSSR count). The minimum atomic E-state index is -3.64. The molecule has 0 spiro atoms. The van der Waals surface area contributed by atoms with Gasteiger partial charge in [-0.1, -0.05) is 42.1 Å². The summed E-state index contributed by atoms with van der Waals surface area (Å²) in [6.07, 6.45) is 1.62. The summed E-state index contributed by atoms with van der Waals surface area (Å²) in [5.41, 5.74) is 1.78. The highest BCUT2D eigenvalue weighted by Crippen LogP contribution is 2.31. The Morgan fingerprint density at radius 2 is 1.85 bits per heavy atom. The van der Waals surface area contributed by atoms with E-state index in [2.05, 4.69) is 27.6 Å². The second-order valence-corrected chi connectivity index (χ2v) is 11.0. The number of piperidine rings is 1. The van der Waals surface area contributed by atoms with Crippen molar-refractivity contribution in [2.24, 2.45) is 7.05 Å². The molecule has 1 fully saturated rings. The number of rotatable bonds is 7. The Labute approximate surface area is 198 Å². The van der Waals surface area contributed by atoms with Crippen LogP contribution in [-0.4, -0.2) is 46.5 Å². The quantitative estimate of drug-likeness (QED) is 0.513. The van der Waals surface area contributed by atoms with E-state index < -0.39 is 10.0 Å². The number of carbonyl (C=O) groups is 1. The van der Waals surface area contributed by atoms with Crippen LogP contribution in [0.3, 0.4) is 0 Å². The van der Waals surface area contributed by atoms with Gasteiger partial charge in [0.2, 0.25) is 15.9 Å². The maximum absolute atomic E-state index is 13.2. The number of anilines is 1. The lowest BCUT2D eigenvalue weighted by molar-refractivity contribution is -0.114. The van der Waals surface area contributed by atoms with Crippen LogP contribution < -0.4 is 5.32 Å². The van der Waals surface area contributed by atoms with Crippen molar-refractivity contribution in [1.29, 1.82) is 0 Å². The minimum Gasteiger partial charge on any atom is -0.326 e. The zero-order valence-electron chi connectivity index (χ0n) is 18.6. The molecule has 10 heteroatoms. The number of amides is 1. The molecule has 174 valence electrons. The van der Waals surface area contributed by atoms with Gasteiger partial charge in [-0.3, -0.25) is 4.79 Å². The number of nitrogens with zero attached hydrogens (tertiary/aromatic N) is 4. The van der Waals surface area contributed by atoms with Crippen molar-refractivity contribution in [3.8, 4) is 0 Å². The van der Waals surface area contributed by atoms with E-state index in [1.165, 1.54) is 28.9 Å². The fraction of sp³-hybridized carbons (Fsp3) is 0.348. The van der Waals surface area contributed by atoms with Crippen LogP contribution in [0.2, 0.25) is 0 Å². The molecule has 33 heavy (non-hydrogen) atoms. The van der Waals surface area contributed by atoms with Crippen molar-refractivity contribution >= 4 is 33.4 Å². The van der Waals surface area contributed by atoms with Gasteiger partial charge in [0.25, 0.3) is 0 Å². The first-order valence-electron chi connectivity index (χ1n) is 10.8. The van der Waals surface area contributed by atoms with Crippen LogP contribution in [0.15, 0.2) is 64.6 Å². The minimum absolute atomic E-state index is 0.0178. The van der Waals surface area contributed by atoms with Gasteiger partial charge in [0.1, 0.15) is 5.82 Å². The number of carbonyl (C=O) groups excluding carboxylic acids is 1. The Hall–Kier alpha value is -2.69. The second-order valence-electron chi connectivity index (χ2n) is 8.08. The van der Waals surface area contributed by atoms with E-state index in [1.54, 1.807) is 23.9 Å². The maximum Gasteiger partial charge on any atom is 0.243 e. The molecule has 1 amide bonds. The summed E-state index contributed by atoms with van der Waals surface area (Å²) in [4.78, 5) is 11.4. The topological polar surface area (TPSA) is 97.2 Å². The summed E-state index contributed by atoms with van der Waals surface area (Å²) in [7, 11) is -1.70. The highest BCUT2D eigenvalue weighted by Gasteiger charge is 2.33. The number of nitrogens with one attached hydrogen (secondary N) is 1. The molecule has 1 N–H and O–H groups in total. The zero-order chi connectivity index (χ0) is 23.4. The Kier molecular flexibility index (Phi) is 7.16. The molecular weight excluding hydrogens is 458 g/mol. The zero-order valence-corrected chi connectivity index (χ0v) is 20.3. The number of hydrogen-bond acceptors (Lipinski definition) is 6. The van der Waals surface area contributed by atoms with E-state index in [1.807, 2.05) is 29.8 Å². The molecule has 1 aromatic heterocycles. The predicted octanol–water partition coefficient (Wildman–Crippen LogP) is 3.63. The largest absolute Gasteiger partial charge is 0.326 e. The van der Waals surface area contributed by atoms with Gasteiger partial charge in [0, 0.05) is 44.4 Å². The average molecular weight is 486 g/mol. The summed E-state index contributed by atoms with van der Waals surface area (Å²) >= 11 is 1.62. The summed E-state index contributed by atoms with van der Waals surface area (Å²) in [6.45, 7) is 2.25. The molecule has 2 aromatic carbocycles. The van der Waals surface area contributed by atoms with E-state index in [-0.39, 0.29) is 16.7 Å². The molecule has 0 saturated carbocycles. The standard InChI is InChI=1S/C23H27N5O3S2/c1-17(29)24-20-10-12-21(13-11-20)33(30,31)28-14-6-9-19(15-28)22-25-26-23(27(22)2)32-16-18-7-4-3-5-8-18/h3-5,7-8,10-13,19H,6,9,14-16H2,1-2H3,(H,24,29)/t19-/m1/s1. The Morgan fingerprint density at radius 1 is 1.12 bits per heavy atom. The van der Waals surface area contributed by atoms with Gasteiger partial charge >= 0.3 is 0 Å². The Morgan fingerprint density at radius 3 is 2.55 bits per heavy atom. The molecule has 1 aliphatic rings. The number of thioether (sulfide) groups is 1. The third-order valence-corrected chi connectivity index (χ3v) is 8.61. The molecule has 1 aliphatic heterocycles. The molecule has 0 unspecified atom stereocenters. The monoisotopic (exact) mass is 485 g/mol. The third kappa shape index (κ3) is 5.45. The summed E-state index contributed by atoms with van der Waals surface area (Å²) in [5, 5.41) is 12.2. The Balaban J connectivity index is 1.46. The van der Waals surface area contributed by atoms with Crippen LogP contribution >= 0.6 is 11.8 Å². The first-order chi connectivity index (χ1) is 15.8. The van der Waals surface area contributed by atoms with Crippen molar-refractivity contribution in [3.63, 3.8) is 0 Å². The lowest BCUT2D eigenvalue weighted by Gasteiger charge is -2.31. The Bertz CT molecular complexity index is 1210. The lowest BCUT2D eigenvalue weighted by Crippen LogP contribution is -2.39. The maximum atomic E-state index is 13.2. The van der Waals surface area contributed by atoms with Gasteiger partial charge in [-0.15, -0.1) is 10.2 Å². The molecule has 1 atom stereocenters. The number of sulfonamides is 1. The summed E-state index contributed by atoms with van der Waals surface area (Å²) < 4.78 is 30.0. The van der Waals surface area contributed by atoms with Gasteiger partial charge in [-0.2, -0.15) is 4.31 Å². The number of benzene rings is 2. The molecular formula is C23H27N5O3S2. The van der Waals surface area contributed by atoms with E-state index in [0.717, 1.165) is 29.6 Å². The molecule has 0 bridgehead atoms. The van der Waals surface area contributed by atoms with E-state index in [9.17, 15) is 13.2 Å². The molecule has 2 heterocycles. The van der Waals surface area contributed by atoms with Gasteiger partial charge in [-0.05, 0) is 42.7 Å². The van der Waals surface area contributed by atoms with Gasteiger partial charge < -0.3 is 9.88 Å². The van der Waals surface area contributed by atoms with Crippen molar-refractivity contribution in [2.45, 2.75) is 41.5 Å². The van der Waals surface area contributed by atoms with Crippen LogP contribution in [0.1, 0.15) is 37.1 Å². The molecule has 3 aromatic rings. The molecule has 8 nitrogen and oxygen atoms in total. The average Bonchev–Trinajstić information content (AvgIpc) is 3.18. The second kappa shape index (κ2) is 10.1. The highest BCUT2D eigenvalue weighted by atomic mass is 32.2. The lowest BCUT2D eigenvalue weighted by atomic mass is 9.99. The van der Waals surface area contributed by atoms with Crippen LogP contribution in [0.5, 0.6) is 0 Å². The number of hydrogen-bond donors (Lipinski definition) is 1. The fourth-order valence-electron chi connectivity index (χ4n) is 3.96. The third-order valence-electron chi connectivity index (χ3n) is 5.64. The van der Waals surface area contributed by atoms with E-state index >= 15 is 0 Å². The molecule has 0 radical (unpaired) electrons. The van der Waals surface area contributed by atoms with Gasteiger partial charge in [-0.25, -0.2) is 8.42 Å². The fourth-order valence-corrected chi connectivity index (χ4v) is 6.36. The summed E-state index contributed by atoms with van der Waals surface area (Å²) in [5.74, 6) is 1.39. The van der Waals surface area contributed by atoms with Crippen molar-refractivity contribution < 1.29 is 13.2 Å². The normalized spacial score (nSPS) is 17.1. The first-order valence-corrected chi connectivity index (χ1v) is 13.2. The highest BCUT2D eigenvalue weighted by molar-refractivity contribution is 7.98. The van der Waals surface area contributed by atoms with Crippen LogP contribution in [-0.2, 0) is 27.6 Å².